The van der Waals surface area contributed by atoms with Crippen molar-refractivity contribution in [2.75, 3.05) is 11.5 Å². The molecule has 0 saturated carbocycles. The van der Waals surface area contributed by atoms with Crippen LogP contribution in [0, 0.1) is 6.92 Å². The van der Waals surface area contributed by atoms with Crippen LogP contribution in [0.15, 0.2) is 42.5 Å². The Balaban J connectivity index is 1.71. The summed E-state index contributed by atoms with van der Waals surface area (Å²) in [6, 6.07) is 13.7. The molecule has 0 bridgehead atoms. The van der Waals surface area contributed by atoms with E-state index in [0.29, 0.717) is 22.9 Å². The van der Waals surface area contributed by atoms with Crippen LogP contribution in [-0.2, 0) is 22.8 Å². The van der Waals surface area contributed by atoms with Crippen LogP contribution in [0.2, 0.25) is 5.02 Å². The maximum absolute atomic E-state index is 13.6. The lowest BCUT2D eigenvalue weighted by atomic mass is 10.1. The first-order valence-corrected chi connectivity index (χ1v) is 13.1. The third-order valence-corrected chi connectivity index (χ3v) is 9.07. The molecular formula is C23H24ClNO3S2. The Kier molecular flexibility index (Phi) is 5.93. The highest BCUT2D eigenvalue weighted by molar-refractivity contribution is 7.91. The molecule has 2 aromatic carbocycles. The van der Waals surface area contributed by atoms with E-state index in [1.807, 2.05) is 37.3 Å². The Hall–Kier alpha value is -1.89. The molecule has 0 unspecified atom stereocenters. The molecule has 0 spiro atoms. The summed E-state index contributed by atoms with van der Waals surface area (Å²) in [5.41, 5.74) is 3.31. The van der Waals surface area contributed by atoms with Crippen molar-refractivity contribution in [1.82, 2.24) is 4.90 Å². The molecule has 0 aliphatic carbocycles. The molecule has 30 heavy (non-hydrogen) atoms. The summed E-state index contributed by atoms with van der Waals surface area (Å²) in [7, 11) is -3.12. The zero-order valence-corrected chi connectivity index (χ0v) is 19.4. The number of carbonyl (C=O) groups excluding carboxylic acids is 1. The first-order chi connectivity index (χ1) is 14.3. The Bertz CT molecular complexity index is 1200. The van der Waals surface area contributed by atoms with Crippen LogP contribution >= 0.6 is 22.9 Å². The van der Waals surface area contributed by atoms with Gasteiger partial charge in [-0.15, -0.1) is 11.3 Å². The standard InChI is InChI=1S/C23H24ClNO3S2/c1-3-16-5-7-17(8-6-16)13-25(18-10-11-30(27,28)14-18)23(26)22-21(24)19-9-4-15(2)12-20(19)29-22/h4-9,12,18H,3,10-11,13-14H2,1-2H3/t18-/m1/s1. The number of aryl methyl sites for hydroxylation is 2. The van der Waals surface area contributed by atoms with E-state index in [4.69, 9.17) is 11.6 Å². The minimum Gasteiger partial charge on any atom is -0.330 e. The summed E-state index contributed by atoms with van der Waals surface area (Å²) >= 11 is 7.98. The van der Waals surface area contributed by atoms with Gasteiger partial charge >= 0.3 is 0 Å². The first kappa shape index (κ1) is 21.3. The van der Waals surface area contributed by atoms with Crippen LogP contribution in [-0.4, -0.2) is 36.8 Å². The maximum atomic E-state index is 13.6. The van der Waals surface area contributed by atoms with Gasteiger partial charge in [-0.2, -0.15) is 0 Å². The molecule has 7 heteroatoms. The Morgan fingerprint density at radius 1 is 1.17 bits per heavy atom. The molecule has 1 atom stereocenters. The molecule has 1 amide bonds. The van der Waals surface area contributed by atoms with Crippen molar-refractivity contribution in [1.29, 1.82) is 0 Å². The summed E-state index contributed by atoms with van der Waals surface area (Å²) in [5.74, 6) is -0.0660. The highest BCUT2D eigenvalue weighted by Gasteiger charge is 2.36. The van der Waals surface area contributed by atoms with Crippen LogP contribution in [0.3, 0.4) is 0 Å². The predicted molar refractivity (Wildman–Crippen MR) is 124 cm³/mol. The number of sulfone groups is 1. The number of rotatable bonds is 5. The van der Waals surface area contributed by atoms with Gasteiger partial charge in [-0.1, -0.05) is 54.9 Å². The van der Waals surface area contributed by atoms with E-state index in [-0.39, 0.29) is 23.5 Å². The molecule has 0 N–H and O–H groups in total. The van der Waals surface area contributed by atoms with Crippen molar-refractivity contribution in [3.63, 3.8) is 0 Å². The second-order valence-electron chi connectivity index (χ2n) is 7.90. The minimum atomic E-state index is -3.12. The van der Waals surface area contributed by atoms with E-state index in [1.165, 1.54) is 16.9 Å². The Morgan fingerprint density at radius 3 is 2.50 bits per heavy atom. The third-order valence-electron chi connectivity index (χ3n) is 5.67. The molecule has 0 radical (unpaired) electrons. The largest absolute Gasteiger partial charge is 0.330 e. The molecule has 2 heterocycles. The maximum Gasteiger partial charge on any atom is 0.266 e. The number of fused-ring (bicyclic) bond motifs is 1. The van der Waals surface area contributed by atoms with E-state index >= 15 is 0 Å². The van der Waals surface area contributed by atoms with Crippen molar-refractivity contribution >= 4 is 48.8 Å². The molecule has 1 aromatic heterocycles. The number of hydrogen-bond acceptors (Lipinski definition) is 4. The fourth-order valence-electron chi connectivity index (χ4n) is 3.91. The van der Waals surface area contributed by atoms with Crippen molar-refractivity contribution in [3.05, 3.63) is 69.1 Å². The summed E-state index contributed by atoms with van der Waals surface area (Å²) in [5, 5.41) is 1.31. The lowest BCUT2D eigenvalue weighted by Crippen LogP contribution is -2.40. The zero-order valence-electron chi connectivity index (χ0n) is 17.0. The van der Waals surface area contributed by atoms with Crippen LogP contribution in [0.5, 0.6) is 0 Å². The minimum absolute atomic E-state index is 0.00735. The SMILES string of the molecule is CCc1ccc(CN(C(=O)c2sc3cc(C)ccc3c2Cl)[C@@H]2CCS(=O)(=O)C2)cc1. The topological polar surface area (TPSA) is 54.5 Å². The quantitative estimate of drug-likeness (QED) is 0.521. The summed E-state index contributed by atoms with van der Waals surface area (Å²) in [4.78, 5) is 15.8. The monoisotopic (exact) mass is 461 g/mol. The molecular weight excluding hydrogens is 438 g/mol. The van der Waals surface area contributed by atoms with E-state index in [2.05, 4.69) is 19.1 Å². The van der Waals surface area contributed by atoms with Crippen LogP contribution in [0.25, 0.3) is 10.1 Å². The molecule has 1 aliphatic heterocycles. The first-order valence-electron chi connectivity index (χ1n) is 10.1. The molecule has 158 valence electrons. The number of halogens is 1. The molecule has 1 aliphatic rings. The number of amides is 1. The van der Waals surface area contributed by atoms with Crippen molar-refractivity contribution in [2.24, 2.45) is 0 Å². The molecule has 3 aromatic rings. The molecule has 1 saturated heterocycles. The van der Waals surface area contributed by atoms with Crippen LogP contribution in [0.4, 0.5) is 0 Å². The highest BCUT2D eigenvalue weighted by atomic mass is 35.5. The number of benzene rings is 2. The van der Waals surface area contributed by atoms with Crippen LogP contribution < -0.4 is 0 Å². The lowest BCUT2D eigenvalue weighted by molar-refractivity contribution is 0.0686. The van der Waals surface area contributed by atoms with E-state index in [0.717, 1.165) is 27.6 Å². The highest BCUT2D eigenvalue weighted by Crippen LogP contribution is 2.37. The average Bonchev–Trinajstić information content (AvgIpc) is 3.24. The van der Waals surface area contributed by atoms with Gasteiger partial charge in [0.1, 0.15) is 4.88 Å². The molecule has 4 nitrogen and oxygen atoms in total. The van der Waals surface area contributed by atoms with Gasteiger partial charge in [0.05, 0.1) is 16.5 Å². The summed E-state index contributed by atoms with van der Waals surface area (Å²) < 4.78 is 25.2. The van der Waals surface area contributed by atoms with Crippen molar-refractivity contribution in [2.45, 2.75) is 39.3 Å². The van der Waals surface area contributed by atoms with Gasteiger partial charge in [-0.05, 0) is 42.5 Å². The summed E-state index contributed by atoms with van der Waals surface area (Å²) in [6.45, 7) is 4.47. The van der Waals surface area contributed by atoms with Crippen LogP contribution in [0.1, 0.15) is 39.7 Å². The molecule has 4 rings (SSSR count). The van der Waals surface area contributed by atoms with E-state index in [9.17, 15) is 13.2 Å². The second-order valence-corrected chi connectivity index (χ2v) is 11.6. The number of nitrogens with zero attached hydrogens (tertiary/aromatic N) is 1. The van der Waals surface area contributed by atoms with Gasteiger partial charge in [-0.3, -0.25) is 4.79 Å². The fourth-order valence-corrected chi connectivity index (χ4v) is 7.20. The third kappa shape index (κ3) is 4.27. The van der Waals surface area contributed by atoms with E-state index in [1.54, 1.807) is 4.90 Å². The molecule has 1 fully saturated rings. The van der Waals surface area contributed by atoms with Gasteiger partial charge in [0.15, 0.2) is 9.84 Å². The smallest absolute Gasteiger partial charge is 0.266 e. The van der Waals surface area contributed by atoms with Crippen molar-refractivity contribution in [3.8, 4) is 0 Å². The van der Waals surface area contributed by atoms with Gasteiger partial charge in [0.25, 0.3) is 5.91 Å². The van der Waals surface area contributed by atoms with E-state index < -0.39 is 9.84 Å². The average molecular weight is 462 g/mol. The normalized spacial score (nSPS) is 18.0. The van der Waals surface area contributed by atoms with Crippen molar-refractivity contribution < 1.29 is 13.2 Å². The van der Waals surface area contributed by atoms with Gasteiger partial charge < -0.3 is 4.90 Å². The van der Waals surface area contributed by atoms with Gasteiger partial charge in [0.2, 0.25) is 0 Å². The number of hydrogen-bond donors (Lipinski definition) is 0. The predicted octanol–water partition coefficient (Wildman–Crippen LogP) is 5.26. The lowest BCUT2D eigenvalue weighted by Gasteiger charge is -2.28. The Morgan fingerprint density at radius 2 is 1.87 bits per heavy atom. The van der Waals surface area contributed by atoms with Gasteiger partial charge in [-0.25, -0.2) is 8.42 Å². The number of carbonyl (C=O) groups is 1. The Labute approximate surface area is 186 Å². The number of thiophene rings is 1. The zero-order chi connectivity index (χ0) is 21.5. The second kappa shape index (κ2) is 8.33. The van der Waals surface area contributed by atoms with Gasteiger partial charge in [0, 0.05) is 22.7 Å². The fraction of sp³-hybridized carbons (Fsp3) is 0.348. The summed E-state index contributed by atoms with van der Waals surface area (Å²) in [6.07, 6.45) is 1.41.